The Hall–Kier alpha value is -2.08. The standard InChI is InChI=1S/C10H4ClFO5/c11-5-2-3-1-4(9(14)15)10(16)17-8(3)6(12)7(5)13/h1-2,13H,(H,14,15). The Morgan fingerprint density at radius 1 is 1.41 bits per heavy atom. The van der Waals surface area contributed by atoms with Crippen LogP contribution in [0.3, 0.4) is 0 Å². The van der Waals surface area contributed by atoms with Gasteiger partial charge in [-0.2, -0.15) is 4.39 Å². The molecule has 5 nitrogen and oxygen atoms in total. The molecule has 0 saturated carbocycles. The van der Waals surface area contributed by atoms with E-state index in [0.717, 1.165) is 12.1 Å². The maximum Gasteiger partial charge on any atom is 0.351 e. The first-order chi connectivity index (χ1) is 7.91. The molecule has 0 radical (unpaired) electrons. The number of hydrogen-bond donors (Lipinski definition) is 2. The number of carboxylic acid groups (broad SMARTS) is 1. The highest BCUT2D eigenvalue weighted by molar-refractivity contribution is 6.32. The molecule has 1 heterocycles. The second kappa shape index (κ2) is 3.74. The molecule has 0 aliphatic heterocycles. The molecule has 2 aromatic rings. The molecule has 0 unspecified atom stereocenters. The van der Waals surface area contributed by atoms with Gasteiger partial charge in [-0.15, -0.1) is 0 Å². The van der Waals surface area contributed by atoms with E-state index in [-0.39, 0.29) is 10.4 Å². The van der Waals surface area contributed by atoms with Gasteiger partial charge in [0.1, 0.15) is 5.56 Å². The lowest BCUT2D eigenvalue weighted by molar-refractivity contribution is 0.0692. The van der Waals surface area contributed by atoms with Crippen molar-refractivity contribution in [1.82, 2.24) is 0 Å². The van der Waals surface area contributed by atoms with Crippen molar-refractivity contribution < 1.29 is 23.8 Å². The molecule has 0 bridgehead atoms. The quantitative estimate of drug-likeness (QED) is 0.764. The number of phenolic OH excluding ortho intramolecular Hbond substituents is 1. The van der Waals surface area contributed by atoms with Crippen LogP contribution in [0.15, 0.2) is 21.3 Å². The van der Waals surface area contributed by atoms with E-state index < -0.39 is 34.3 Å². The van der Waals surface area contributed by atoms with Crippen molar-refractivity contribution in [1.29, 1.82) is 0 Å². The van der Waals surface area contributed by atoms with Crippen LogP contribution >= 0.6 is 11.6 Å². The summed E-state index contributed by atoms with van der Waals surface area (Å²) in [6.07, 6.45) is 0. The number of aromatic hydroxyl groups is 1. The average molecular weight is 259 g/mol. The second-order valence-electron chi connectivity index (χ2n) is 3.19. The van der Waals surface area contributed by atoms with Crippen LogP contribution < -0.4 is 5.63 Å². The molecule has 1 aromatic carbocycles. The highest BCUT2D eigenvalue weighted by Crippen LogP contribution is 2.32. The number of carbonyl (C=O) groups is 1. The molecule has 0 amide bonds. The highest BCUT2D eigenvalue weighted by Gasteiger charge is 2.18. The lowest BCUT2D eigenvalue weighted by Gasteiger charge is -2.03. The number of aromatic carboxylic acids is 1. The van der Waals surface area contributed by atoms with Crippen molar-refractivity contribution in [2.24, 2.45) is 0 Å². The first-order valence-corrected chi connectivity index (χ1v) is 4.67. The van der Waals surface area contributed by atoms with E-state index in [1.54, 1.807) is 0 Å². The molecule has 1 aromatic heterocycles. The summed E-state index contributed by atoms with van der Waals surface area (Å²) in [4.78, 5) is 21.9. The number of benzene rings is 1. The Morgan fingerprint density at radius 2 is 2.06 bits per heavy atom. The molecule has 2 rings (SSSR count). The van der Waals surface area contributed by atoms with E-state index in [1.807, 2.05) is 0 Å². The lowest BCUT2D eigenvalue weighted by atomic mass is 10.1. The van der Waals surface area contributed by atoms with Gasteiger partial charge in [0.15, 0.2) is 11.3 Å². The molecule has 0 atom stereocenters. The van der Waals surface area contributed by atoms with Gasteiger partial charge in [0, 0.05) is 5.39 Å². The van der Waals surface area contributed by atoms with Crippen LogP contribution in [0.1, 0.15) is 10.4 Å². The fourth-order valence-electron chi connectivity index (χ4n) is 1.33. The molecular weight excluding hydrogens is 255 g/mol. The lowest BCUT2D eigenvalue weighted by Crippen LogP contribution is -2.13. The first-order valence-electron chi connectivity index (χ1n) is 4.30. The molecule has 0 aliphatic carbocycles. The summed E-state index contributed by atoms with van der Waals surface area (Å²) in [6, 6.07) is 2.03. The number of phenols is 1. The van der Waals surface area contributed by atoms with Crippen LogP contribution in [0, 0.1) is 5.82 Å². The average Bonchev–Trinajstić information content (AvgIpc) is 2.26. The molecule has 0 aliphatic rings. The predicted octanol–water partition coefficient (Wildman–Crippen LogP) is 1.99. The van der Waals surface area contributed by atoms with Crippen molar-refractivity contribution >= 4 is 28.5 Å². The zero-order chi connectivity index (χ0) is 12.7. The number of carboxylic acids is 1. The van der Waals surface area contributed by atoms with Gasteiger partial charge in [0.25, 0.3) is 0 Å². The third-order valence-corrected chi connectivity index (χ3v) is 2.41. The van der Waals surface area contributed by atoms with Crippen LogP contribution in [0.2, 0.25) is 5.02 Å². The summed E-state index contributed by atoms with van der Waals surface area (Å²) in [7, 11) is 0. The second-order valence-corrected chi connectivity index (χ2v) is 3.60. The fourth-order valence-corrected chi connectivity index (χ4v) is 1.53. The number of halogens is 2. The third kappa shape index (κ3) is 1.72. The van der Waals surface area contributed by atoms with E-state index in [9.17, 15) is 19.1 Å². The van der Waals surface area contributed by atoms with Gasteiger partial charge in [0.05, 0.1) is 5.02 Å². The van der Waals surface area contributed by atoms with Crippen LogP contribution in [0.25, 0.3) is 11.0 Å². The predicted molar refractivity (Wildman–Crippen MR) is 56.1 cm³/mol. The Balaban J connectivity index is 2.94. The van der Waals surface area contributed by atoms with E-state index in [1.165, 1.54) is 0 Å². The smallest absolute Gasteiger partial charge is 0.351 e. The largest absolute Gasteiger partial charge is 0.504 e. The van der Waals surface area contributed by atoms with Crippen LogP contribution in [-0.2, 0) is 0 Å². The molecule has 88 valence electrons. The molecule has 0 spiro atoms. The maximum absolute atomic E-state index is 13.5. The molecule has 17 heavy (non-hydrogen) atoms. The van der Waals surface area contributed by atoms with Crippen molar-refractivity contribution in [2.45, 2.75) is 0 Å². The first kappa shape index (κ1) is 11.4. The van der Waals surface area contributed by atoms with Gasteiger partial charge < -0.3 is 14.6 Å². The van der Waals surface area contributed by atoms with Gasteiger partial charge >= 0.3 is 11.6 Å². The number of fused-ring (bicyclic) bond motifs is 1. The molecule has 0 fully saturated rings. The SMILES string of the molecule is O=C(O)c1cc2cc(Cl)c(O)c(F)c2oc1=O. The Morgan fingerprint density at radius 3 is 2.65 bits per heavy atom. The zero-order valence-electron chi connectivity index (χ0n) is 8.03. The van der Waals surface area contributed by atoms with E-state index in [4.69, 9.17) is 16.7 Å². The minimum Gasteiger partial charge on any atom is -0.504 e. The van der Waals surface area contributed by atoms with E-state index >= 15 is 0 Å². The van der Waals surface area contributed by atoms with Gasteiger partial charge in [0.2, 0.25) is 5.82 Å². The van der Waals surface area contributed by atoms with E-state index in [0.29, 0.717) is 0 Å². The minimum absolute atomic E-state index is 0.0256. The van der Waals surface area contributed by atoms with Gasteiger partial charge in [-0.3, -0.25) is 0 Å². The molecule has 7 heteroatoms. The van der Waals surface area contributed by atoms with Crippen LogP contribution in [0.5, 0.6) is 5.75 Å². The maximum atomic E-state index is 13.5. The summed E-state index contributed by atoms with van der Waals surface area (Å²) >= 11 is 5.51. The summed E-state index contributed by atoms with van der Waals surface area (Å²) in [5.74, 6) is -3.56. The van der Waals surface area contributed by atoms with Crippen LogP contribution in [0.4, 0.5) is 4.39 Å². The van der Waals surface area contributed by atoms with Crippen molar-refractivity contribution in [3.05, 3.63) is 39.0 Å². The molecule has 2 N–H and O–H groups in total. The summed E-state index contributed by atoms with van der Waals surface area (Å²) in [5.41, 5.74) is -2.38. The van der Waals surface area contributed by atoms with Crippen molar-refractivity contribution in [3.8, 4) is 5.75 Å². The zero-order valence-corrected chi connectivity index (χ0v) is 8.79. The Labute approximate surface area is 97.7 Å². The Kier molecular flexibility index (Phi) is 2.51. The minimum atomic E-state index is -1.50. The topological polar surface area (TPSA) is 87.7 Å². The van der Waals surface area contributed by atoms with Gasteiger partial charge in [-0.05, 0) is 12.1 Å². The fraction of sp³-hybridized carbons (Fsp3) is 0. The normalized spacial score (nSPS) is 10.7. The monoisotopic (exact) mass is 258 g/mol. The van der Waals surface area contributed by atoms with Gasteiger partial charge in [-0.25, -0.2) is 9.59 Å². The summed E-state index contributed by atoms with van der Waals surface area (Å²) in [5, 5.41) is 17.5. The molecule has 0 saturated heterocycles. The molecular formula is C10H4ClFO5. The highest BCUT2D eigenvalue weighted by atomic mass is 35.5. The van der Waals surface area contributed by atoms with Crippen molar-refractivity contribution in [3.63, 3.8) is 0 Å². The van der Waals surface area contributed by atoms with Crippen LogP contribution in [-0.4, -0.2) is 16.2 Å². The van der Waals surface area contributed by atoms with Crippen molar-refractivity contribution in [2.75, 3.05) is 0 Å². The van der Waals surface area contributed by atoms with E-state index in [2.05, 4.69) is 4.42 Å². The summed E-state index contributed by atoms with van der Waals surface area (Å²) < 4.78 is 17.9. The Bertz CT molecular complexity index is 691. The van der Waals surface area contributed by atoms with Gasteiger partial charge in [-0.1, -0.05) is 11.6 Å². The number of hydrogen-bond acceptors (Lipinski definition) is 4. The number of rotatable bonds is 1. The third-order valence-electron chi connectivity index (χ3n) is 2.12. The summed E-state index contributed by atoms with van der Waals surface area (Å²) in [6.45, 7) is 0.